The monoisotopic (exact) mass is 385 g/mol. The molecule has 4 N–H and O–H groups in total. The van der Waals surface area contributed by atoms with E-state index in [-0.39, 0.29) is 26.3 Å². The Kier molecular flexibility index (Phi) is 4.41. The van der Waals surface area contributed by atoms with Crippen LogP contribution in [0, 0.1) is 34.0 Å². The highest BCUT2D eigenvalue weighted by Gasteiger charge is 2.46. The molecule has 0 bridgehead atoms. The van der Waals surface area contributed by atoms with E-state index in [9.17, 15) is 4.79 Å². The van der Waals surface area contributed by atoms with Gasteiger partial charge < -0.3 is 15.0 Å². The Labute approximate surface area is 164 Å². The van der Waals surface area contributed by atoms with Gasteiger partial charge in [0.15, 0.2) is 5.65 Å². The number of nitrogens with zero attached hydrogens (tertiary/aromatic N) is 3. The number of nitriles is 1. The molecule has 0 unspecified atom stereocenters. The molecule has 0 saturated heterocycles. The number of aromatic nitrogens is 3. The van der Waals surface area contributed by atoms with Crippen molar-refractivity contribution in [3.63, 3.8) is 0 Å². The molecular formula is C19H27N7O2. The summed E-state index contributed by atoms with van der Waals surface area (Å²) in [7, 11) is 0. The van der Waals surface area contributed by atoms with Gasteiger partial charge in [-0.25, -0.2) is 9.78 Å². The first-order valence-electron chi connectivity index (χ1n) is 9.55. The molecule has 28 heavy (non-hydrogen) atoms. The fourth-order valence-corrected chi connectivity index (χ4v) is 4.10. The molecule has 2 aliphatic carbocycles. The van der Waals surface area contributed by atoms with Gasteiger partial charge in [-0.2, -0.15) is 5.26 Å². The SMILES string of the molecule is CC[C@@H]1C[C@H](OC(=O)NC2(C#N)CC2)C[C@@H]1C(=N)n1c(=N)cnc2[nH]ccc21.[HH].[HH]. The Morgan fingerprint density at radius 2 is 2.36 bits per heavy atom. The normalized spacial score (nSPS) is 25.2. The topological polar surface area (TPSA) is 143 Å². The van der Waals surface area contributed by atoms with E-state index in [0.717, 1.165) is 6.42 Å². The van der Waals surface area contributed by atoms with E-state index >= 15 is 0 Å². The van der Waals surface area contributed by atoms with Crippen LogP contribution in [0.2, 0.25) is 0 Å². The van der Waals surface area contributed by atoms with Crippen LogP contribution in [0.4, 0.5) is 4.79 Å². The average molecular weight is 385 g/mol. The van der Waals surface area contributed by atoms with Gasteiger partial charge in [0.25, 0.3) is 0 Å². The van der Waals surface area contributed by atoms with Crippen LogP contribution in [0.5, 0.6) is 0 Å². The summed E-state index contributed by atoms with van der Waals surface area (Å²) in [4.78, 5) is 19.4. The average Bonchev–Trinajstić information content (AvgIpc) is 3.10. The van der Waals surface area contributed by atoms with Crippen LogP contribution in [-0.4, -0.2) is 38.1 Å². The number of hydrogen-bond acceptors (Lipinski definition) is 6. The maximum Gasteiger partial charge on any atom is 0.408 e. The van der Waals surface area contributed by atoms with Crippen LogP contribution in [0.25, 0.3) is 11.2 Å². The Morgan fingerprint density at radius 1 is 1.57 bits per heavy atom. The van der Waals surface area contributed by atoms with Gasteiger partial charge >= 0.3 is 6.09 Å². The number of rotatable bonds is 4. The van der Waals surface area contributed by atoms with Crippen LogP contribution in [0.15, 0.2) is 18.5 Å². The summed E-state index contributed by atoms with van der Waals surface area (Å²) >= 11 is 0. The molecule has 2 aliphatic rings. The Bertz CT molecular complexity index is 1040. The molecule has 9 heteroatoms. The second-order valence-electron chi connectivity index (χ2n) is 7.67. The van der Waals surface area contributed by atoms with E-state index in [4.69, 9.17) is 20.8 Å². The van der Waals surface area contributed by atoms with Gasteiger partial charge in [-0.1, -0.05) is 13.3 Å². The maximum atomic E-state index is 12.2. The zero-order chi connectivity index (χ0) is 19.9. The first-order chi connectivity index (χ1) is 13.5. The Balaban J connectivity index is 0.00000160. The van der Waals surface area contributed by atoms with Crippen LogP contribution in [-0.2, 0) is 4.74 Å². The van der Waals surface area contributed by atoms with Crippen LogP contribution < -0.4 is 10.8 Å². The number of nitrogens with one attached hydrogen (secondary N) is 4. The number of amides is 1. The Morgan fingerprint density at radius 3 is 3.04 bits per heavy atom. The lowest BCUT2D eigenvalue weighted by atomic mass is 9.92. The van der Waals surface area contributed by atoms with Gasteiger partial charge in [0.05, 0.1) is 17.8 Å². The molecular weight excluding hydrogens is 358 g/mol. The lowest BCUT2D eigenvalue weighted by molar-refractivity contribution is 0.0958. The van der Waals surface area contributed by atoms with Crippen molar-refractivity contribution < 1.29 is 12.4 Å². The van der Waals surface area contributed by atoms with Crippen molar-refractivity contribution in [2.45, 2.75) is 50.7 Å². The summed E-state index contributed by atoms with van der Waals surface area (Å²) in [5.41, 5.74) is 0.724. The highest BCUT2D eigenvalue weighted by molar-refractivity contribution is 5.91. The summed E-state index contributed by atoms with van der Waals surface area (Å²) in [5, 5.41) is 28.8. The number of carbonyl (C=O) groups excluding carboxylic acids is 1. The molecule has 9 nitrogen and oxygen atoms in total. The van der Waals surface area contributed by atoms with Gasteiger partial charge in [0.2, 0.25) is 0 Å². The molecule has 2 aromatic heterocycles. The number of hydrogen-bond donors (Lipinski definition) is 4. The largest absolute Gasteiger partial charge is 0.446 e. The van der Waals surface area contributed by atoms with Crippen molar-refractivity contribution in [2.75, 3.05) is 0 Å². The molecule has 0 radical (unpaired) electrons. The van der Waals surface area contributed by atoms with Crippen molar-refractivity contribution in [2.24, 2.45) is 11.8 Å². The predicted molar refractivity (Wildman–Crippen MR) is 105 cm³/mol. The fourth-order valence-electron chi connectivity index (χ4n) is 4.10. The van der Waals surface area contributed by atoms with E-state index in [1.54, 1.807) is 10.8 Å². The first-order valence-corrected chi connectivity index (χ1v) is 9.55. The summed E-state index contributed by atoms with van der Waals surface area (Å²) in [6, 6.07) is 3.93. The molecule has 150 valence electrons. The van der Waals surface area contributed by atoms with E-state index in [2.05, 4.69) is 28.3 Å². The fraction of sp³-hybridized carbons (Fsp3) is 0.526. The van der Waals surface area contributed by atoms with Crippen molar-refractivity contribution >= 4 is 23.1 Å². The first kappa shape index (κ1) is 18.2. The predicted octanol–water partition coefficient (Wildman–Crippen LogP) is 2.75. The number of carbonyl (C=O) groups is 1. The molecule has 0 aromatic carbocycles. The van der Waals surface area contributed by atoms with E-state index in [1.165, 1.54) is 6.20 Å². The number of alkyl carbamates (subject to hydrolysis) is 1. The zero-order valence-corrected chi connectivity index (χ0v) is 15.7. The van der Waals surface area contributed by atoms with E-state index in [0.29, 0.717) is 42.7 Å². The molecule has 0 spiro atoms. The molecule has 2 aromatic rings. The minimum atomic E-state index is -0.751. The molecule has 0 aliphatic heterocycles. The summed E-state index contributed by atoms with van der Waals surface area (Å²) in [5.74, 6) is 0.388. The minimum Gasteiger partial charge on any atom is -0.446 e. The number of fused-ring (bicyclic) bond motifs is 1. The van der Waals surface area contributed by atoms with Gasteiger partial charge in [0.1, 0.15) is 23.0 Å². The van der Waals surface area contributed by atoms with Crippen molar-refractivity contribution in [1.82, 2.24) is 19.9 Å². The summed E-state index contributed by atoms with van der Waals surface area (Å²) < 4.78 is 7.17. The standard InChI is InChI=1S/C19H23N7O2.2H2/c1-2-11-7-12(28-18(27)25-19(10-20)4-5-19)8-13(11)16(22)26-14-3-6-23-17(14)24-9-15(26)21;;/h3,6,9,11-13,21-23H,2,4-5,7-8H2,1H3,(H,25,27);2*1H/t11-,12+,13+;;/m1../s1. The smallest absolute Gasteiger partial charge is 0.408 e. The number of ether oxygens (including phenoxy) is 1. The highest BCUT2D eigenvalue weighted by atomic mass is 16.6. The highest BCUT2D eigenvalue weighted by Crippen LogP contribution is 2.38. The van der Waals surface area contributed by atoms with Crippen molar-refractivity contribution in [3.05, 3.63) is 23.9 Å². The third kappa shape index (κ3) is 3.15. The zero-order valence-electron chi connectivity index (χ0n) is 15.7. The van der Waals surface area contributed by atoms with E-state index in [1.807, 2.05) is 6.07 Å². The quantitative estimate of drug-likeness (QED) is 0.474. The third-order valence-corrected chi connectivity index (χ3v) is 5.85. The summed E-state index contributed by atoms with van der Waals surface area (Å²) in [6.45, 7) is 2.06. The van der Waals surface area contributed by atoms with Crippen LogP contribution >= 0.6 is 0 Å². The third-order valence-electron chi connectivity index (χ3n) is 5.85. The van der Waals surface area contributed by atoms with Crippen molar-refractivity contribution in [3.8, 4) is 6.07 Å². The van der Waals surface area contributed by atoms with Crippen molar-refractivity contribution in [1.29, 1.82) is 16.1 Å². The minimum absolute atomic E-state index is 0. The van der Waals surface area contributed by atoms with Crippen LogP contribution in [0.1, 0.15) is 41.9 Å². The van der Waals surface area contributed by atoms with Gasteiger partial charge in [0, 0.05) is 15.0 Å². The summed E-state index contributed by atoms with van der Waals surface area (Å²) in [6.07, 6.45) is 5.69. The molecule has 2 fully saturated rings. The van der Waals surface area contributed by atoms with Gasteiger partial charge in [-0.15, -0.1) is 0 Å². The lowest BCUT2D eigenvalue weighted by Crippen LogP contribution is -2.38. The van der Waals surface area contributed by atoms with Gasteiger partial charge in [-0.05, 0) is 37.7 Å². The maximum absolute atomic E-state index is 12.2. The van der Waals surface area contributed by atoms with Gasteiger partial charge in [-0.3, -0.25) is 15.4 Å². The second-order valence-corrected chi connectivity index (χ2v) is 7.67. The molecule has 3 atom stereocenters. The molecule has 1 amide bonds. The lowest BCUT2D eigenvalue weighted by Gasteiger charge is -2.21. The van der Waals surface area contributed by atoms with E-state index < -0.39 is 11.6 Å². The number of H-pyrrole nitrogens is 1. The molecule has 4 rings (SSSR count). The molecule has 2 heterocycles. The molecule has 2 saturated carbocycles. The second kappa shape index (κ2) is 6.78. The number of aromatic amines is 1. The Hall–Kier alpha value is -3.15. The van der Waals surface area contributed by atoms with Crippen LogP contribution in [0.3, 0.4) is 0 Å².